The van der Waals surface area contributed by atoms with E-state index in [1.165, 1.54) is 12.8 Å². The van der Waals surface area contributed by atoms with Gasteiger partial charge >= 0.3 is 0 Å². The van der Waals surface area contributed by atoms with Crippen LogP contribution in [0.4, 0.5) is 0 Å². The summed E-state index contributed by atoms with van der Waals surface area (Å²) in [4.78, 5) is 0. The molecular formula is C10H15N5. The van der Waals surface area contributed by atoms with Crippen molar-refractivity contribution in [2.45, 2.75) is 25.8 Å². The van der Waals surface area contributed by atoms with Gasteiger partial charge in [-0.3, -0.25) is 4.68 Å². The smallest absolute Gasteiger partial charge is 0.182 e. The fraction of sp³-hybridized carbons (Fsp3) is 0.700. The largest absolute Gasteiger partial charge is 0.316 e. The summed E-state index contributed by atoms with van der Waals surface area (Å²) in [7, 11) is 0. The van der Waals surface area contributed by atoms with E-state index in [-0.39, 0.29) is 0 Å². The zero-order chi connectivity index (χ0) is 10.5. The number of piperidine rings is 1. The third-order valence-electron chi connectivity index (χ3n) is 2.82. The van der Waals surface area contributed by atoms with Crippen LogP contribution in [0, 0.1) is 17.2 Å². The molecular weight excluding hydrogens is 190 g/mol. The van der Waals surface area contributed by atoms with Crippen LogP contribution < -0.4 is 5.32 Å². The van der Waals surface area contributed by atoms with Crippen molar-refractivity contribution in [2.24, 2.45) is 5.92 Å². The molecule has 1 saturated heterocycles. The normalized spacial score (nSPS) is 21.1. The van der Waals surface area contributed by atoms with E-state index in [1.807, 2.05) is 6.07 Å². The molecule has 1 unspecified atom stereocenters. The van der Waals surface area contributed by atoms with Gasteiger partial charge < -0.3 is 5.32 Å². The van der Waals surface area contributed by atoms with Crippen molar-refractivity contribution < 1.29 is 0 Å². The molecule has 2 heterocycles. The number of rotatable bonds is 3. The Hall–Kier alpha value is -1.41. The van der Waals surface area contributed by atoms with Gasteiger partial charge in [-0.1, -0.05) is 5.21 Å². The average molecular weight is 205 g/mol. The summed E-state index contributed by atoms with van der Waals surface area (Å²) in [6.45, 7) is 3.12. The minimum atomic E-state index is 0.400. The molecule has 5 nitrogen and oxygen atoms in total. The fourth-order valence-corrected chi connectivity index (χ4v) is 1.94. The molecule has 1 aromatic heterocycles. The van der Waals surface area contributed by atoms with Crippen LogP contribution in [0.3, 0.4) is 0 Å². The fourth-order valence-electron chi connectivity index (χ4n) is 1.94. The summed E-state index contributed by atoms with van der Waals surface area (Å²) in [5.41, 5.74) is 0.400. The quantitative estimate of drug-likeness (QED) is 0.782. The van der Waals surface area contributed by atoms with E-state index < -0.39 is 0 Å². The van der Waals surface area contributed by atoms with Crippen molar-refractivity contribution in [2.75, 3.05) is 13.1 Å². The monoisotopic (exact) mass is 205 g/mol. The van der Waals surface area contributed by atoms with Gasteiger partial charge in [-0.05, 0) is 38.3 Å². The number of nitrogens with one attached hydrogen (secondary N) is 1. The van der Waals surface area contributed by atoms with Gasteiger partial charge in [-0.25, -0.2) is 0 Å². The topological polar surface area (TPSA) is 66.5 Å². The molecule has 1 aromatic rings. The van der Waals surface area contributed by atoms with Crippen LogP contribution >= 0.6 is 0 Å². The molecule has 1 aliphatic heterocycles. The van der Waals surface area contributed by atoms with E-state index in [9.17, 15) is 0 Å². The van der Waals surface area contributed by atoms with Gasteiger partial charge in [0.25, 0.3) is 0 Å². The van der Waals surface area contributed by atoms with Crippen LogP contribution in [0.5, 0.6) is 0 Å². The minimum Gasteiger partial charge on any atom is -0.316 e. The lowest BCUT2D eigenvalue weighted by Crippen LogP contribution is -2.30. The predicted molar refractivity (Wildman–Crippen MR) is 54.9 cm³/mol. The van der Waals surface area contributed by atoms with Crippen molar-refractivity contribution in [1.29, 1.82) is 5.26 Å². The highest BCUT2D eigenvalue weighted by Crippen LogP contribution is 2.14. The molecule has 0 aromatic carbocycles. The second kappa shape index (κ2) is 4.89. The van der Waals surface area contributed by atoms with Crippen LogP contribution in [0.15, 0.2) is 6.20 Å². The summed E-state index contributed by atoms with van der Waals surface area (Å²) in [5.74, 6) is 0.744. The van der Waals surface area contributed by atoms with Gasteiger partial charge in [0.1, 0.15) is 6.07 Å². The average Bonchev–Trinajstić information content (AvgIpc) is 2.76. The molecule has 15 heavy (non-hydrogen) atoms. The highest BCUT2D eigenvalue weighted by molar-refractivity contribution is 5.12. The van der Waals surface area contributed by atoms with E-state index >= 15 is 0 Å². The number of nitrogens with zero attached hydrogens (tertiary/aromatic N) is 4. The zero-order valence-corrected chi connectivity index (χ0v) is 8.69. The Morgan fingerprint density at radius 2 is 2.60 bits per heavy atom. The van der Waals surface area contributed by atoms with Gasteiger partial charge in [0, 0.05) is 6.54 Å². The Balaban J connectivity index is 1.79. The van der Waals surface area contributed by atoms with Crippen molar-refractivity contribution in [3.8, 4) is 6.07 Å². The van der Waals surface area contributed by atoms with E-state index in [0.717, 1.165) is 32.0 Å². The highest BCUT2D eigenvalue weighted by atomic mass is 15.4. The van der Waals surface area contributed by atoms with Gasteiger partial charge in [-0.15, -0.1) is 5.10 Å². The summed E-state index contributed by atoms with van der Waals surface area (Å²) < 4.78 is 1.76. The van der Waals surface area contributed by atoms with Crippen molar-refractivity contribution >= 4 is 0 Å². The maximum atomic E-state index is 8.59. The molecule has 1 N–H and O–H groups in total. The van der Waals surface area contributed by atoms with Crippen molar-refractivity contribution in [1.82, 2.24) is 20.3 Å². The summed E-state index contributed by atoms with van der Waals surface area (Å²) in [5, 5.41) is 19.6. The first-order chi connectivity index (χ1) is 7.38. The van der Waals surface area contributed by atoms with Gasteiger partial charge in [0.05, 0.1) is 6.20 Å². The number of aryl methyl sites for hydroxylation is 1. The SMILES string of the molecule is N#Cc1cn(CCC2CCCNC2)nn1. The number of hydrogen-bond acceptors (Lipinski definition) is 4. The summed E-state index contributed by atoms with van der Waals surface area (Å²) in [6, 6.07) is 1.98. The molecule has 0 saturated carbocycles. The first kappa shape index (κ1) is 10.1. The third-order valence-corrected chi connectivity index (χ3v) is 2.82. The molecule has 0 amide bonds. The Labute approximate surface area is 89.1 Å². The molecule has 0 spiro atoms. The molecule has 1 fully saturated rings. The summed E-state index contributed by atoms with van der Waals surface area (Å²) in [6.07, 6.45) is 5.38. The first-order valence-electron chi connectivity index (χ1n) is 5.39. The Morgan fingerprint density at radius 1 is 1.67 bits per heavy atom. The second-order valence-electron chi connectivity index (χ2n) is 3.98. The van der Waals surface area contributed by atoms with Crippen LogP contribution in [-0.2, 0) is 6.54 Å². The van der Waals surface area contributed by atoms with Crippen molar-refractivity contribution in [3.63, 3.8) is 0 Å². The Kier molecular flexibility index (Phi) is 3.30. The van der Waals surface area contributed by atoms with Gasteiger partial charge in [0.2, 0.25) is 0 Å². The van der Waals surface area contributed by atoms with Crippen LogP contribution in [0.2, 0.25) is 0 Å². The molecule has 0 bridgehead atoms. The predicted octanol–water partition coefficient (Wildman–Crippen LogP) is 0.539. The first-order valence-corrected chi connectivity index (χ1v) is 5.39. The van der Waals surface area contributed by atoms with E-state index in [1.54, 1.807) is 10.9 Å². The molecule has 5 heteroatoms. The van der Waals surface area contributed by atoms with E-state index in [2.05, 4.69) is 15.6 Å². The number of nitriles is 1. The number of hydrogen-bond donors (Lipinski definition) is 1. The van der Waals surface area contributed by atoms with Crippen molar-refractivity contribution in [3.05, 3.63) is 11.9 Å². The third kappa shape index (κ3) is 2.77. The molecule has 80 valence electrons. The Morgan fingerprint density at radius 3 is 3.27 bits per heavy atom. The van der Waals surface area contributed by atoms with Crippen LogP contribution in [0.25, 0.3) is 0 Å². The molecule has 2 rings (SSSR count). The highest BCUT2D eigenvalue weighted by Gasteiger charge is 2.12. The molecule has 0 radical (unpaired) electrons. The lowest BCUT2D eigenvalue weighted by Gasteiger charge is -2.22. The van der Waals surface area contributed by atoms with Gasteiger partial charge in [0.15, 0.2) is 5.69 Å². The van der Waals surface area contributed by atoms with Crippen LogP contribution in [0.1, 0.15) is 25.0 Å². The molecule has 1 aliphatic rings. The van der Waals surface area contributed by atoms with E-state index in [4.69, 9.17) is 5.26 Å². The zero-order valence-electron chi connectivity index (χ0n) is 8.69. The lowest BCUT2D eigenvalue weighted by molar-refractivity contribution is 0.334. The maximum absolute atomic E-state index is 8.59. The summed E-state index contributed by atoms with van der Waals surface area (Å²) >= 11 is 0. The van der Waals surface area contributed by atoms with Crippen LogP contribution in [-0.4, -0.2) is 28.1 Å². The maximum Gasteiger partial charge on any atom is 0.182 e. The van der Waals surface area contributed by atoms with Gasteiger partial charge in [-0.2, -0.15) is 5.26 Å². The lowest BCUT2D eigenvalue weighted by atomic mass is 9.96. The Bertz CT molecular complexity index is 345. The number of aromatic nitrogens is 3. The second-order valence-corrected chi connectivity index (χ2v) is 3.98. The molecule has 1 atom stereocenters. The standard InChI is InChI=1S/C10H15N5/c11-6-10-8-15(14-13-10)5-3-9-2-1-4-12-7-9/h8-9,12H,1-5,7H2. The molecule has 0 aliphatic carbocycles. The van der Waals surface area contributed by atoms with E-state index in [0.29, 0.717) is 5.69 Å². The minimum absolute atomic E-state index is 0.400.